The third kappa shape index (κ3) is 4.79. The highest BCUT2D eigenvalue weighted by atomic mass is 19.3. The number of ether oxygens (including phenoxy) is 1. The molecule has 0 aromatic carbocycles. The summed E-state index contributed by atoms with van der Waals surface area (Å²) in [5, 5.41) is 0. The molecule has 0 aromatic rings. The largest absolute Gasteiger partial charge is 0.329 e. The fourth-order valence-electron chi connectivity index (χ4n) is 1.39. The monoisotopic (exact) mass is 260 g/mol. The maximum absolute atomic E-state index is 12.6. The Balaban J connectivity index is 4.13. The van der Waals surface area contributed by atoms with Crippen molar-refractivity contribution in [1.29, 1.82) is 0 Å². The molecular formula is C11H22F4NO+. The van der Waals surface area contributed by atoms with Crippen LogP contribution in [0.1, 0.15) is 27.2 Å². The molecule has 0 spiro atoms. The molecule has 0 saturated carbocycles. The van der Waals surface area contributed by atoms with Gasteiger partial charge in [0.2, 0.25) is 0 Å². The first kappa shape index (κ1) is 16.6. The van der Waals surface area contributed by atoms with E-state index < -0.39 is 18.8 Å². The van der Waals surface area contributed by atoms with Gasteiger partial charge in [0.1, 0.15) is 0 Å². The molecule has 0 aromatic heterocycles. The van der Waals surface area contributed by atoms with Crippen molar-refractivity contribution in [3.63, 3.8) is 0 Å². The van der Waals surface area contributed by atoms with Crippen molar-refractivity contribution in [2.75, 3.05) is 26.7 Å². The Bertz CT molecular complexity index is 220. The lowest BCUT2D eigenvalue weighted by Crippen LogP contribution is -2.52. The van der Waals surface area contributed by atoms with E-state index >= 15 is 0 Å². The molecule has 0 heterocycles. The van der Waals surface area contributed by atoms with Crippen molar-refractivity contribution >= 4 is 0 Å². The zero-order chi connectivity index (χ0) is 13.7. The molecule has 0 amide bonds. The van der Waals surface area contributed by atoms with Crippen LogP contribution in [0, 0.1) is 0 Å². The first-order valence-corrected chi connectivity index (χ1v) is 5.81. The Hall–Kier alpha value is -0.360. The molecule has 0 bridgehead atoms. The topological polar surface area (TPSA) is 9.23 Å². The minimum Gasteiger partial charge on any atom is -0.329 e. The Labute approximate surface area is 100 Å². The van der Waals surface area contributed by atoms with Crippen LogP contribution in [0.5, 0.6) is 0 Å². The Morgan fingerprint density at radius 1 is 1.18 bits per heavy atom. The number of quaternary nitrogens is 1. The predicted molar refractivity (Wildman–Crippen MR) is 58.2 cm³/mol. The normalized spacial score (nSPS) is 15.4. The summed E-state index contributed by atoms with van der Waals surface area (Å²) in [5.74, 6) is -3.96. The minimum atomic E-state index is -3.96. The summed E-state index contributed by atoms with van der Waals surface area (Å²) in [4.78, 5) is 0. The molecule has 0 radical (unpaired) electrons. The lowest BCUT2D eigenvalue weighted by molar-refractivity contribution is -0.950. The highest BCUT2D eigenvalue weighted by Crippen LogP contribution is 2.26. The summed E-state index contributed by atoms with van der Waals surface area (Å²) in [6, 6.07) is 0. The van der Waals surface area contributed by atoms with E-state index in [0.717, 1.165) is 13.1 Å². The van der Waals surface area contributed by atoms with Crippen molar-refractivity contribution < 1.29 is 26.8 Å². The number of hydrogen-bond donors (Lipinski definition) is 0. The maximum Gasteiger partial charge on any atom is 0.309 e. The van der Waals surface area contributed by atoms with Crippen LogP contribution in [0.3, 0.4) is 0 Å². The molecule has 0 rings (SSSR count). The van der Waals surface area contributed by atoms with Crippen LogP contribution >= 0.6 is 0 Å². The first-order valence-electron chi connectivity index (χ1n) is 5.81. The van der Waals surface area contributed by atoms with E-state index in [9.17, 15) is 17.6 Å². The highest BCUT2D eigenvalue weighted by Gasteiger charge is 2.40. The van der Waals surface area contributed by atoms with E-state index in [4.69, 9.17) is 4.74 Å². The lowest BCUT2D eigenvalue weighted by Gasteiger charge is -2.37. The minimum absolute atomic E-state index is 0.279. The van der Waals surface area contributed by atoms with E-state index in [1.807, 2.05) is 20.9 Å². The quantitative estimate of drug-likeness (QED) is 0.370. The SMILES string of the molecule is CC[N+](C)(CC)C(C)OCCC(F)(F)C(F)F. The standard InChI is InChI=1S/C11H22F4NO/c1-5-16(4,6-2)9(3)17-8-7-11(14,15)10(12)13/h9-10H,5-8H2,1-4H3/q+1. The molecule has 6 heteroatoms. The molecule has 0 saturated heterocycles. The van der Waals surface area contributed by atoms with Crippen molar-refractivity contribution in [3.05, 3.63) is 0 Å². The summed E-state index contributed by atoms with van der Waals surface area (Å²) in [7, 11) is 1.94. The molecule has 2 nitrogen and oxygen atoms in total. The van der Waals surface area contributed by atoms with Gasteiger partial charge in [0.25, 0.3) is 0 Å². The van der Waals surface area contributed by atoms with Gasteiger partial charge in [0, 0.05) is 13.3 Å². The van der Waals surface area contributed by atoms with Gasteiger partial charge in [0.15, 0.2) is 6.23 Å². The molecule has 104 valence electrons. The van der Waals surface area contributed by atoms with Crippen molar-refractivity contribution in [2.24, 2.45) is 0 Å². The number of halogens is 4. The van der Waals surface area contributed by atoms with Crippen molar-refractivity contribution in [1.82, 2.24) is 0 Å². The number of rotatable bonds is 8. The van der Waals surface area contributed by atoms with Gasteiger partial charge >= 0.3 is 12.3 Å². The fourth-order valence-corrected chi connectivity index (χ4v) is 1.39. The van der Waals surface area contributed by atoms with Gasteiger partial charge in [-0.2, -0.15) is 0 Å². The van der Waals surface area contributed by atoms with Gasteiger partial charge in [-0.1, -0.05) is 0 Å². The molecule has 1 atom stereocenters. The third-order valence-corrected chi connectivity index (χ3v) is 3.44. The molecule has 0 fully saturated rings. The third-order valence-electron chi connectivity index (χ3n) is 3.44. The Morgan fingerprint density at radius 2 is 1.65 bits per heavy atom. The second kappa shape index (κ2) is 6.54. The second-order valence-electron chi connectivity index (χ2n) is 4.39. The average Bonchev–Trinajstić information content (AvgIpc) is 2.27. The lowest BCUT2D eigenvalue weighted by atomic mass is 10.2. The van der Waals surface area contributed by atoms with Crippen molar-refractivity contribution in [3.8, 4) is 0 Å². The molecule has 0 aliphatic carbocycles. The van der Waals surface area contributed by atoms with Crippen LogP contribution in [0.25, 0.3) is 0 Å². The van der Waals surface area contributed by atoms with Gasteiger partial charge in [0.05, 0.1) is 26.7 Å². The summed E-state index contributed by atoms with van der Waals surface area (Å²) >= 11 is 0. The average molecular weight is 260 g/mol. The molecule has 17 heavy (non-hydrogen) atoms. The number of hydrogen-bond acceptors (Lipinski definition) is 1. The Morgan fingerprint density at radius 3 is 2.00 bits per heavy atom. The van der Waals surface area contributed by atoms with Gasteiger partial charge < -0.3 is 9.22 Å². The van der Waals surface area contributed by atoms with Crippen LogP contribution in [0.15, 0.2) is 0 Å². The smallest absolute Gasteiger partial charge is 0.309 e. The maximum atomic E-state index is 12.6. The van der Waals surface area contributed by atoms with Gasteiger partial charge in [-0.25, -0.2) is 17.6 Å². The van der Waals surface area contributed by atoms with Gasteiger partial charge in [-0.3, -0.25) is 0 Å². The molecular weight excluding hydrogens is 238 g/mol. The predicted octanol–water partition coefficient (Wildman–Crippen LogP) is 3.13. The summed E-state index contributed by atoms with van der Waals surface area (Å²) in [6.45, 7) is 6.94. The first-order chi connectivity index (χ1) is 7.69. The summed E-state index contributed by atoms with van der Waals surface area (Å²) in [5.41, 5.74) is 0. The molecule has 0 aliphatic rings. The highest BCUT2D eigenvalue weighted by molar-refractivity contribution is 4.68. The number of nitrogens with zero attached hydrogens (tertiary/aromatic N) is 1. The Kier molecular flexibility index (Phi) is 6.40. The summed E-state index contributed by atoms with van der Waals surface area (Å²) < 4.78 is 54.8. The van der Waals surface area contributed by atoms with Crippen LogP contribution < -0.4 is 0 Å². The van der Waals surface area contributed by atoms with Crippen molar-refractivity contribution in [2.45, 2.75) is 45.8 Å². The van der Waals surface area contributed by atoms with E-state index in [0.29, 0.717) is 4.48 Å². The zero-order valence-electron chi connectivity index (χ0n) is 10.9. The zero-order valence-corrected chi connectivity index (χ0v) is 10.9. The van der Waals surface area contributed by atoms with Crippen LogP contribution in [0.4, 0.5) is 17.6 Å². The van der Waals surface area contributed by atoms with Gasteiger partial charge in [-0.05, 0) is 13.8 Å². The fraction of sp³-hybridized carbons (Fsp3) is 1.00. The van der Waals surface area contributed by atoms with Crippen LogP contribution in [0.2, 0.25) is 0 Å². The van der Waals surface area contributed by atoms with E-state index in [1.54, 1.807) is 6.92 Å². The second-order valence-corrected chi connectivity index (χ2v) is 4.39. The number of alkyl halides is 4. The summed E-state index contributed by atoms with van der Waals surface area (Å²) in [6.07, 6.45) is -4.85. The van der Waals surface area contributed by atoms with E-state index in [2.05, 4.69) is 0 Å². The van der Waals surface area contributed by atoms with E-state index in [1.165, 1.54) is 0 Å². The molecule has 0 N–H and O–H groups in total. The van der Waals surface area contributed by atoms with Crippen LogP contribution in [-0.2, 0) is 4.74 Å². The van der Waals surface area contributed by atoms with E-state index in [-0.39, 0.29) is 12.8 Å². The van der Waals surface area contributed by atoms with Crippen LogP contribution in [-0.4, -0.2) is 49.8 Å². The molecule has 1 unspecified atom stereocenters. The van der Waals surface area contributed by atoms with Gasteiger partial charge in [-0.15, -0.1) is 0 Å². The molecule has 0 aliphatic heterocycles.